The molecule has 164 valence electrons. The van der Waals surface area contributed by atoms with Crippen molar-refractivity contribution in [3.05, 3.63) is 33.4 Å². The van der Waals surface area contributed by atoms with Crippen molar-refractivity contribution in [2.75, 3.05) is 11.9 Å². The van der Waals surface area contributed by atoms with Gasteiger partial charge in [-0.2, -0.15) is 10.4 Å². The number of carbonyl (C=O) groups excluding carboxylic acids is 1. The Labute approximate surface area is 177 Å². The minimum atomic E-state index is -10.0. The van der Waals surface area contributed by atoms with E-state index in [0.29, 0.717) is 12.8 Å². The second kappa shape index (κ2) is 6.15. The minimum Gasteiger partial charge on any atom is -0.370 e. The second-order valence-corrected chi connectivity index (χ2v) is 10.0. The van der Waals surface area contributed by atoms with Crippen molar-refractivity contribution in [3.63, 3.8) is 0 Å². The zero-order valence-corrected chi connectivity index (χ0v) is 17.5. The molecule has 0 atom stereocenters. The lowest BCUT2D eigenvalue weighted by atomic mass is 9.94. The van der Waals surface area contributed by atoms with Crippen molar-refractivity contribution < 1.29 is 24.2 Å². The molecular formula is C16H14Cl2F5N5OS. The Morgan fingerprint density at radius 2 is 1.83 bits per heavy atom. The van der Waals surface area contributed by atoms with E-state index < -0.39 is 36.5 Å². The van der Waals surface area contributed by atoms with Crippen LogP contribution in [0, 0.1) is 11.3 Å². The fourth-order valence-electron chi connectivity index (χ4n) is 3.15. The molecule has 1 saturated carbocycles. The van der Waals surface area contributed by atoms with E-state index in [1.807, 2.05) is 6.07 Å². The Hall–Kier alpha value is -2.23. The molecule has 3 rings (SSSR count). The van der Waals surface area contributed by atoms with E-state index >= 15 is 0 Å². The van der Waals surface area contributed by atoms with Gasteiger partial charge in [-0.05, 0) is 31.9 Å². The van der Waals surface area contributed by atoms with Gasteiger partial charge >= 0.3 is 10.2 Å². The molecule has 3 N–H and O–H groups in total. The summed E-state index contributed by atoms with van der Waals surface area (Å²) in [5, 5.41) is 14.8. The number of nitrogens with one attached hydrogen (secondary N) is 1. The number of hydrogen-bond acceptors (Lipinski definition) is 4. The number of halogens is 7. The number of nitrogens with zero attached hydrogens (tertiary/aromatic N) is 3. The molecule has 0 unspecified atom stereocenters. The molecule has 1 aromatic carbocycles. The van der Waals surface area contributed by atoms with Gasteiger partial charge in [-0.15, -0.1) is 0 Å². The van der Waals surface area contributed by atoms with Gasteiger partial charge in [0.25, 0.3) is 0 Å². The van der Waals surface area contributed by atoms with Crippen LogP contribution in [0.25, 0.3) is 5.69 Å². The highest BCUT2D eigenvalue weighted by Crippen LogP contribution is 3.02. The topological polar surface area (TPSA) is 96.7 Å². The first-order chi connectivity index (χ1) is 13.6. The molecule has 1 aliphatic carbocycles. The van der Waals surface area contributed by atoms with E-state index in [1.54, 1.807) is 6.92 Å². The summed E-state index contributed by atoms with van der Waals surface area (Å²) in [7, 11) is -10.0. The maximum absolute atomic E-state index is 13.2. The van der Waals surface area contributed by atoms with E-state index in [9.17, 15) is 29.5 Å². The summed E-state index contributed by atoms with van der Waals surface area (Å²) in [6, 6.07) is 1.91. The van der Waals surface area contributed by atoms with Gasteiger partial charge in [-0.3, -0.25) is 4.79 Å². The van der Waals surface area contributed by atoms with Crippen LogP contribution in [0.1, 0.15) is 31.0 Å². The molecule has 2 aromatic rings. The third-order valence-electron chi connectivity index (χ3n) is 4.68. The number of aromatic nitrogens is 2. The van der Waals surface area contributed by atoms with Crippen LogP contribution in [0.3, 0.4) is 0 Å². The lowest BCUT2D eigenvalue weighted by molar-refractivity contribution is -0.120. The van der Waals surface area contributed by atoms with Gasteiger partial charge in [0.15, 0.2) is 5.69 Å². The largest absolute Gasteiger partial charge is 0.370 e. The van der Waals surface area contributed by atoms with Gasteiger partial charge in [0, 0.05) is 12.1 Å². The molecule has 0 saturated heterocycles. The Balaban J connectivity index is 2.32. The highest BCUT2D eigenvalue weighted by Gasteiger charge is 2.65. The number of hydrogen-bond donors (Lipinski definition) is 2. The van der Waals surface area contributed by atoms with E-state index in [1.165, 1.54) is 0 Å². The van der Waals surface area contributed by atoms with Crippen LogP contribution in [-0.2, 0) is 10.2 Å². The molecule has 0 radical (unpaired) electrons. The Morgan fingerprint density at radius 3 is 2.20 bits per heavy atom. The zero-order valence-electron chi connectivity index (χ0n) is 15.2. The molecule has 30 heavy (non-hydrogen) atoms. The summed E-state index contributed by atoms with van der Waals surface area (Å²) in [6.45, 7) is 1.94. The van der Waals surface area contributed by atoms with Crippen LogP contribution in [0.5, 0.6) is 0 Å². The van der Waals surface area contributed by atoms with Crippen molar-refractivity contribution in [1.82, 2.24) is 9.78 Å². The molecule has 14 heteroatoms. The first-order valence-electron chi connectivity index (χ1n) is 8.36. The maximum atomic E-state index is 13.2. The summed E-state index contributed by atoms with van der Waals surface area (Å²) in [5.41, 5.74) is 3.89. The van der Waals surface area contributed by atoms with Crippen LogP contribution in [0.15, 0.2) is 17.0 Å². The third kappa shape index (κ3) is 3.66. The number of nitriles is 1. The molecule has 1 aromatic heterocycles. The van der Waals surface area contributed by atoms with Crippen LogP contribution >= 0.6 is 33.4 Å². The molecular weight excluding hydrogens is 476 g/mol. The SMILES string of the molecule is CCNc1c(C2(C(N)=O)CC2)c(C#N)nn1-c1c(Cl)cc(S(F)(F)(F)(F)F)cc1Cl. The lowest BCUT2D eigenvalue weighted by Crippen LogP contribution is -2.29. The van der Waals surface area contributed by atoms with Crippen molar-refractivity contribution >= 4 is 45.2 Å². The highest BCUT2D eigenvalue weighted by atomic mass is 35.5. The van der Waals surface area contributed by atoms with Crippen molar-refractivity contribution in [3.8, 4) is 11.8 Å². The Morgan fingerprint density at radius 1 is 1.30 bits per heavy atom. The number of amides is 1. The van der Waals surface area contributed by atoms with Crippen molar-refractivity contribution in [1.29, 1.82) is 5.26 Å². The fourth-order valence-corrected chi connectivity index (χ4v) is 4.61. The number of anilines is 1. The number of carbonyl (C=O) groups is 1. The molecule has 6 nitrogen and oxygen atoms in total. The highest BCUT2D eigenvalue weighted by molar-refractivity contribution is 8.45. The predicted molar refractivity (Wildman–Crippen MR) is 104 cm³/mol. The number of primary amides is 1. The Kier molecular flexibility index (Phi) is 4.60. The van der Waals surface area contributed by atoms with E-state index in [0.717, 1.165) is 4.68 Å². The smallest absolute Gasteiger partial charge is 0.310 e. The van der Waals surface area contributed by atoms with Gasteiger partial charge in [-0.1, -0.05) is 42.6 Å². The first kappa shape index (κ1) is 22.5. The summed E-state index contributed by atoms with van der Waals surface area (Å²) in [6.07, 6.45) is 0.678. The molecule has 1 heterocycles. The average molecular weight is 490 g/mol. The van der Waals surface area contributed by atoms with E-state index in [4.69, 9.17) is 28.9 Å². The maximum Gasteiger partial charge on any atom is 0.310 e. The zero-order chi connectivity index (χ0) is 22.8. The molecule has 0 spiro atoms. The molecule has 1 aliphatic rings. The van der Waals surface area contributed by atoms with E-state index in [-0.39, 0.29) is 41.4 Å². The van der Waals surface area contributed by atoms with Crippen LogP contribution in [-0.4, -0.2) is 22.2 Å². The van der Waals surface area contributed by atoms with Gasteiger partial charge in [0.2, 0.25) is 5.91 Å². The van der Waals surface area contributed by atoms with Gasteiger partial charge in [0.1, 0.15) is 22.5 Å². The molecule has 0 aliphatic heterocycles. The second-order valence-electron chi connectivity index (χ2n) is 6.78. The molecule has 1 fully saturated rings. The van der Waals surface area contributed by atoms with Gasteiger partial charge < -0.3 is 11.1 Å². The fraction of sp³-hybridized carbons (Fsp3) is 0.312. The summed E-state index contributed by atoms with van der Waals surface area (Å²) >= 11 is 11.8. The summed E-state index contributed by atoms with van der Waals surface area (Å²) in [4.78, 5) is 9.74. The Bertz CT molecular complexity index is 1100. The monoisotopic (exact) mass is 489 g/mol. The number of nitrogens with two attached hydrogens (primary N) is 1. The lowest BCUT2D eigenvalue weighted by Gasteiger charge is -2.40. The number of benzene rings is 1. The van der Waals surface area contributed by atoms with Crippen LogP contribution < -0.4 is 11.1 Å². The summed E-state index contributed by atoms with van der Waals surface area (Å²) in [5.74, 6) is -0.639. The molecule has 1 amide bonds. The van der Waals surface area contributed by atoms with Crippen LogP contribution in [0.4, 0.5) is 25.2 Å². The minimum absolute atomic E-state index is 0.0500. The number of rotatable bonds is 6. The standard InChI is InChI=1S/C16H14Cl2F5N5OS/c1-2-26-14-12(16(3-4-16)15(25)29)11(7-24)27-28(14)13-9(17)5-8(6-10(13)18)30(19,20,21,22)23/h5-6,26H,2-4H2,1H3,(H2,25,29). The van der Waals surface area contributed by atoms with Crippen molar-refractivity contribution in [2.24, 2.45) is 5.73 Å². The van der Waals surface area contributed by atoms with Crippen LogP contribution in [0.2, 0.25) is 10.0 Å². The van der Waals surface area contributed by atoms with E-state index in [2.05, 4.69) is 10.4 Å². The van der Waals surface area contributed by atoms with Gasteiger partial charge in [-0.25, -0.2) is 4.68 Å². The average Bonchev–Trinajstić information content (AvgIpc) is 3.31. The molecule has 0 bridgehead atoms. The van der Waals surface area contributed by atoms with Crippen molar-refractivity contribution in [2.45, 2.75) is 30.1 Å². The normalized spacial score (nSPS) is 17.6. The van der Waals surface area contributed by atoms with Gasteiger partial charge in [0.05, 0.1) is 15.5 Å². The summed E-state index contributed by atoms with van der Waals surface area (Å²) < 4.78 is 66.8. The predicted octanol–water partition coefficient (Wildman–Crippen LogP) is 5.66. The first-order valence-corrected chi connectivity index (χ1v) is 11.1. The quantitative estimate of drug-likeness (QED) is 0.511. The third-order valence-corrected chi connectivity index (χ3v) is 6.39.